The Morgan fingerprint density at radius 1 is 1.54 bits per heavy atom. The highest BCUT2D eigenvalue weighted by atomic mass is 16.1. The monoisotopic (exact) mass is 186 g/mol. The maximum atomic E-state index is 10.5. The van der Waals surface area contributed by atoms with Crippen molar-refractivity contribution in [1.29, 1.82) is 0 Å². The summed E-state index contributed by atoms with van der Waals surface area (Å²) in [5.41, 5.74) is 5.08. The molecule has 0 aromatic rings. The summed E-state index contributed by atoms with van der Waals surface area (Å²) in [6.45, 7) is 8.73. The number of hydrogen-bond donors (Lipinski definition) is 1. The molecule has 0 aromatic heterocycles. The number of nitrogens with two attached hydrogens (primary N) is 1. The first-order valence-corrected chi connectivity index (χ1v) is 5.23. The van der Waals surface area contributed by atoms with E-state index in [0.717, 1.165) is 19.0 Å². The van der Waals surface area contributed by atoms with E-state index < -0.39 is 0 Å². The molecule has 0 radical (unpaired) electrons. The van der Waals surface area contributed by atoms with Gasteiger partial charge in [0.1, 0.15) is 0 Å². The highest BCUT2D eigenvalue weighted by molar-refractivity contribution is 5.75. The van der Waals surface area contributed by atoms with Gasteiger partial charge in [0.25, 0.3) is 0 Å². The van der Waals surface area contributed by atoms with Gasteiger partial charge < -0.3 is 5.73 Å². The van der Waals surface area contributed by atoms with E-state index in [9.17, 15) is 4.79 Å². The molecule has 1 aliphatic rings. The highest BCUT2D eigenvalue weighted by Gasteiger charge is 2.21. The van der Waals surface area contributed by atoms with Crippen LogP contribution in [0.1, 0.15) is 33.6 Å². The van der Waals surface area contributed by atoms with Crippen molar-refractivity contribution < 1.29 is 4.79 Å². The quantitative estimate of drug-likeness (QED) is 0.720. The van der Waals surface area contributed by atoms with E-state index >= 15 is 0 Å². The lowest BCUT2D eigenvalue weighted by molar-refractivity contribution is -0.118. The Balaban J connectivity index is 0.000000671. The van der Waals surface area contributed by atoms with Crippen molar-refractivity contribution in [3.8, 4) is 0 Å². The lowest BCUT2D eigenvalue weighted by atomic mass is 10.1. The summed E-state index contributed by atoms with van der Waals surface area (Å²) in [5.74, 6) is 0.580. The molecule has 1 heterocycles. The van der Waals surface area contributed by atoms with Gasteiger partial charge in [-0.1, -0.05) is 27.2 Å². The third-order valence-electron chi connectivity index (χ3n) is 2.33. The number of nitrogens with zero attached hydrogens (tertiary/aromatic N) is 1. The Hall–Kier alpha value is -0.570. The third-order valence-corrected chi connectivity index (χ3v) is 2.33. The Morgan fingerprint density at radius 2 is 2.15 bits per heavy atom. The molecule has 3 heteroatoms. The Morgan fingerprint density at radius 3 is 2.54 bits per heavy atom. The van der Waals surface area contributed by atoms with Crippen LogP contribution in [0.25, 0.3) is 0 Å². The van der Waals surface area contributed by atoms with Crippen LogP contribution in [0, 0.1) is 5.92 Å². The minimum Gasteiger partial charge on any atom is -0.369 e. The van der Waals surface area contributed by atoms with Gasteiger partial charge in [-0.25, -0.2) is 0 Å². The standard InChI is InChI=1S/C8H16N2O.C2H6/c1-2-7-3-4-10(5-7)6-8(9)11;1-2/h7H,2-6H2,1H3,(H2,9,11);1-2H3. The lowest BCUT2D eigenvalue weighted by Gasteiger charge is -2.12. The second-order valence-corrected chi connectivity index (χ2v) is 3.26. The predicted octanol–water partition coefficient (Wildman–Crippen LogP) is 1.23. The molecule has 2 N–H and O–H groups in total. The molecule has 1 atom stereocenters. The number of rotatable bonds is 3. The zero-order chi connectivity index (χ0) is 10.3. The van der Waals surface area contributed by atoms with Crippen molar-refractivity contribution >= 4 is 5.91 Å². The van der Waals surface area contributed by atoms with Gasteiger partial charge in [-0.2, -0.15) is 0 Å². The molecule has 3 nitrogen and oxygen atoms in total. The van der Waals surface area contributed by atoms with Crippen molar-refractivity contribution in [2.24, 2.45) is 11.7 Å². The summed E-state index contributed by atoms with van der Waals surface area (Å²) in [6, 6.07) is 0. The molecule has 0 aliphatic carbocycles. The van der Waals surface area contributed by atoms with E-state index in [4.69, 9.17) is 5.73 Å². The fourth-order valence-corrected chi connectivity index (χ4v) is 1.61. The van der Waals surface area contributed by atoms with Crippen molar-refractivity contribution in [2.75, 3.05) is 19.6 Å². The van der Waals surface area contributed by atoms with Gasteiger partial charge in [0.2, 0.25) is 5.91 Å². The number of hydrogen-bond acceptors (Lipinski definition) is 2. The van der Waals surface area contributed by atoms with Crippen LogP contribution < -0.4 is 5.73 Å². The first kappa shape index (κ1) is 12.4. The first-order chi connectivity index (χ1) is 6.22. The van der Waals surface area contributed by atoms with Gasteiger partial charge in [0, 0.05) is 6.54 Å². The minimum atomic E-state index is -0.207. The zero-order valence-corrected chi connectivity index (χ0v) is 9.05. The van der Waals surface area contributed by atoms with Crippen molar-refractivity contribution in [1.82, 2.24) is 4.90 Å². The summed E-state index contributed by atoms with van der Waals surface area (Å²) in [7, 11) is 0. The fourth-order valence-electron chi connectivity index (χ4n) is 1.61. The molecule has 0 saturated carbocycles. The second-order valence-electron chi connectivity index (χ2n) is 3.26. The van der Waals surface area contributed by atoms with E-state index in [1.807, 2.05) is 13.8 Å². The van der Waals surface area contributed by atoms with Gasteiger partial charge in [-0.15, -0.1) is 0 Å². The Kier molecular flexibility index (Phi) is 6.59. The average Bonchev–Trinajstić information content (AvgIpc) is 2.55. The second kappa shape index (κ2) is 6.89. The van der Waals surface area contributed by atoms with Crippen LogP contribution in [-0.2, 0) is 4.79 Å². The molecule has 0 spiro atoms. The normalized spacial score (nSPS) is 22.2. The van der Waals surface area contributed by atoms with E-state index in [0.29, 0.717) is 6.54 Å². The summed E-state index contributed by atoms with van der Waals surface area (Å²) in [5, 5.41) is 0. The molecule has 0 aromatic carbocycles. The molecule has 1 aliphatic heterocycles. The average molecular weight is 186 g/mol. The van der Waals surface area contributed by atoms with Crippen molar-refractivity contribution in [3.05, 3.63) is 0 Å². The van der Waals surface area contributed by atoms with Gasteiger partial charge in [-0.3, -0.25) is 9.69 Å². The van der Waals surface area contributed by atoms with Crippen LogP contribution in [0.3, 0.4) is 0 Å². The first-order valence-electron chi connectivity index (χ1n) is 5.23. The number of carbonyl (C=O) groups is 1. The minimum absolute atomic E-state index is 0.207. The highest BCUT2D eigenvalue weighted by Crippen LogP contribution is 2.17. The smallest absolute Gasteiger partial charge is 0.231 e. The SMILES string of the molecule is CC.CCC1CCN(CC(N)=O)C1. The summed E-state index contributed by atoms with van der Waals surface area (Å²) < 4.78 is 0. The molecule has 0 bridgehead atoms. The number of amides is 1. The van der Waals surface area contributed by atoms with Crippen molar-refractivity contribution in [3.63, 3.8) is 0 Å². The predicted molar refractivity (Wildman–Crippen MR) is 55.4 cm³/mol. The van der Waals surface area contributed by atoms with Crippen LogP contribution in [0.15, 0.2) is 0 Å². The molecule has 1 fully saturated rings. The van der Waals surface area contributed by atoms with Gasteiger partial charge >= 0.3 is 0 Å². The number of likely N-dealkylation sites (tertiary alicyclic amines) is 1. The van der Waals surface area contributed by atoms with Crippen LogP contribution in [0.5, 0.6) is 0 Å². The van der Waals surface area contributed by atoms with E-state index in [-0.39, 0.29) is 5.91 Å². The summed E-state index contributed by atoms with van der Waals surface area (Å²) in [6.07, 6.45) is 2.44. The van der Waals surface area contributed by atoms with Crippen molar-refractivity contribution in [2.45, 2.75) is 33.6 Å². The molecule has 78 valence electrons. The maximum absolute atomic E-state index is 10.5. The van der Waals surface area contributed by atoms with Crippen LogP contribution in [-0.4, -0.2) is 30.4 Å². The largest absolute Gasteiger partial charge is 0.369 e. The van der Waals surface area contributed by atoms with E-state index in [1.54, 1.807) is 0 Å². The van der Waals surface area contributed by atoms with Crippen LogP contribution >= 0.6 is 0 Å². The van der Waals surface area contributed by atoms with Gasteiger partial charge in [0.05, 0.1) is 6.54 Å². The molecular weight excluding hydrogens is 164 g/mol. The molecular formula is C10H22N2O. The Bertz CT molecular complexity index is 148. The van der Waals surface area contributed by atoms with Gasteiger partial charge in [-0.05, 0) is 18.9 Å². The Labute approximate surface area is 81.3 Å². The van der Waals surface area contributed by atoms with Crippen LogP contribution in [0.4, 0.5) is 0 Å². The molecule has 1 unspecified atom stereocenters. The van der Waals surface area contributed by atoms with E-state index in [1.165, 1.54) is 12.8 Å². The van der Waals surface area contributed by atoms with E-state index in [2.05, 4.69) is 11.8 Å². The van der Waals surface area contributed by atoms with Crippen LogP contribution in [0.2, 0.25) is 0 Å². The molecule has 1 rings (SSSR count). The van der Waals surface area contributed by atoms with Gasteiger partial charge in [0.15, 0.2) is 0 Å². The lowest BCUT2D eigenvalue weighted by Crippen LogP contribution is -2.31. The third kappa shape index (κ3) is 4.88. The topological polar surface area (TPSA) is 46.3 Å². The zero-order valence-electron chi connectivity index (χ0n) is 9.05. The maximum Gasteiger partial charge on any atom is 0.231 e. The molecule has 13 heavy (non-hydrogen) atoms. The fraction of sp³-hybridized carbons (Fsp3) is 0.900. The molecule has 1 amide bonds. The number of primary amides is 1. The molecule has 1 saturated heterocycles. The summed E-state index contributed by atoms with van der Waals surface area (Å²) >= 11 is 0. The number of carbonyl (C=O) groups excluding carboxylic acids is 1. The summed E-state index contributed by atoms with van der Waals surface area (Å²) in [4.78, 5) is 12.7.